The third-order valence-electron chi connectivity index (χ3n) is 6.82. The molecule has 2 aliphatic heterocycles. The molecular weight excluding hydrogens is 398 g/mol. The summed E-state index contributed by atoms with van der Waals surface area (Å²) in [7, 11) is 0. The molecule has 170 valence electrons. The minimum absolute atomic E-state index is 0.179. The lowest BCUT2D eigenvalue weighted by molar-refractivity contribution is -0.140. The van der Waals surface area contributed by atoms with Gasteiger partial charge in [-0.1, -0.05) is 12.1 Å². The SMILES string of the molecule is CCOc1ccccc1N1CCN(CCCN2C(=O)C3CC(O)C(O)CC3C2=O)CC1. The van der Waals surface area contributed by atoms with E-state index in [1.54, 1.807) is 0 Å². The zero-order valence-electron chi connectivity index (χ0n) is 18.2. The van der Waals surface area contributed by atoms with Crippen LogP contribution in [0.5, 0.6) is 5.75 Å². The summed E-state index contributed by atoms with van der Waals surface area (Å²) >= 11 is 0. The van der Waals surface area contributed by atoms with Crippen molar-refractivity contribution >= 4 is 17.5 Å². The summed E-state index contributed by atoms with van der Waals surface area (Å²) in [6.45, 7) is 7.53. The van der Waals surface area contributed by atoms with Gasteiger partial charge < -0.3 is 19.8 Å². The average Bonchev–Trinajstić information content (AvgIpc) is 2.99. The van der Waals surface area contributed by atoms with Gasteiger partial charge in [0.25, 0.3) is 0 Å². The highest BCUT2D eigenvalue weighted by Crippen LogP contribution is 2.38. The van der Waals surface area contributed by atoms with Crippen LogP contribution in [0, 0.1) is 11.8 Å². The van der Waals surface area contributed by atoms with Crippen molar-refractivity contribution in [3.63, 3.8) is 0 Å². The molecule has 1 aliphatic carbocycles. The Labute approximate surface area is 183 Å². The van der Waals surface area contributed by atoms with Gasteiger partial charge in [0.15, 0.2) is 0 Å². The molecular formula is C23H33N3O5. The van der Waals surface area contributed by atoms with E-state index in [1.165, 1.54) is 4.90 Å². The monoisotopic (exact) mass is 431 g/mol. The number of hydrogen-bond donors (Lipinski definition) is 2. The van der Waals surface area contributed by atoms with Gasteiger partial charge in [-0.25, -0.2) is 0 Å². The van der Waals surface area contributed by atoms with Crippen molar-refractivity contribution < 1.29 is 24.5 Å². The van der Waals surface area contributed by atoms with Crippen LogP contribution in [0.15, 0.2) is 24.3 Å². The van der Waals surface area contributed by atoms with E-state index in [1.807, 2.05) is 25.1 Å². The smallest absolute Gasteiger partial charge is 0.233 e. The number of amides is 2. The first-order chi connectivity index (χ1) is 15.0. The average molecular weight is 432 g/mol. The molecule has 4 unspecified atom stereocenters. The van der Waals surface area contributed by atoms with Gasteiger partial charge in [0.05, 0.1) is 36.3 Å². The van der Waals surface area contributed by atoms with Crippen LogP contribution in [0.2, 0.25) is 0 Å². The number of ether oxygens (including phenoxy) is 1. The molecule has 4 atom stereocenters. The maximum Gasteiger partial charge on any atom is 0.233 e. The van der Waals surface area contributed by atoms with Crippen LogP contribution in [-0.2, 0) is 9.59 Å². The van der Waals surface area contributed by atoms with Crippen LogP contribution in [0.4, 0.5) is 5.69 Å². The number of piperazine rings is 1. The third kappa shape index (κ3) is 4.56. The van der Waals surface area contributed by atoms with Gasteiger partial charge in [-0.2, -0.15) is 0 Å². The molecule has 2 heterocycles. The number of aliphatic hydroxyl groups excluding tert-OH is 2. The topological polar surface area (TPSA) is 93.6 Å². The van der Waals surface area contributed by atoms with Crippen LogP contribution in [0.3, 0.4) is 0 Å². The van der Waals surface area contributed by atoms with E-state index < -0.39 is 24.0 Å². The molecule has 3 fully saturated rings. The fraction of sp³-hybridized carbons (Fsp3) is 0.652. The van der Waals surface area contributed by atoms with Crippen molar-refractivity contribution in [3.8, 4) is 5.75 Å². The van der Waals surface area contributed by atoms with Crippen molar-refractivity contribution in [2.24, 2.45) is 11.8 Å². The van der Waals surface area contributed by atoms with E-state index in [4.69, 9.17) is 4.74 Å². The van der Waals surface area contributed by atoms with Gasteiger partial charge >= 0.3 is 0 Å². The fourth-order valence-electron chi connectivity index (χ4n) is 5.10. The Balaban J connectivity index is 1.25. The summed E-state index contributed by atoms with van der Waals surface area (Å²) < 4.78 is 5.76. The standard InChI is InChI=1S/C23H33N3O5/c1-2-31-21-7-4-3-6-18(21)25-12-10-24(11-13-25)8-5-9-26-22(29)16-14-19(27)20(28)15-17(16)23(26)30/h3-4,6-7,16-17,19-20,27-28H,2,5,8-15H2,1H3. The van der Waals surface area contributed by atoms with Crippen LogP contribution in [-0.4, -0.2) is 89.9 Å². The lowest BCUT2D eigenvalue weighted by Crippen LogP contribution is -2.47. The van der Waals surface area contributed by atoms with Crippen LogP contribution >= 0.6 is 0 Å². The van der Waals surface area contributed by atoms with E-state index in [0.29, 0.717) is 13.2 Å². The first kappa shape index (κ1) is 22.0. The molecule has 8 heteroatoms. The molecule has 1 aromatic carbocycles. The summed E-state index contributed by atoms with van der Waals surface area (Å²) in [5.41, 5.74) is 1.13. The zero-order valence-corrected chi connectivity index (χ0v) is 18.2. The van der Waals surface area contributed by atoms with E-state index in [0.717, 1.165) is 50.6 Å². The van der Waals surface area contributed by atoms with Crippen molar-refractivity contribution in [1.82, 2.24) is 9.80 Å². The van der Waals surface area contributed by atoms with Crippen molar-refractivity contribution in [2.75, 3.05) is 50.8 Å². The summed E-state index contributed by atoms with van der Waals surface area (Å²) in [6, 6.07) is 8.12. The Morgan fingerprint density at radius 3 is 2.16 bits per heavy atom. The minimum Gasteiger partial charge on any atom is -0.492 e. The summed E-state index contributed by atoms with van der Waals surface area (Å²) in [5, 5.41) is 19.7. The second-order valence-corrected chi connectivity index (χ2v) is 8.73. The van der Waals surface area contributed by atoms with Gasteiger partial charge in [0.2, 0.25) is 11.8 Å². The summed E-state index contributed by atoms with van der Waals surface area (Å²) in [4.78, 5) is 31.4. The number of rotatable bonds is 7. The predicted molar refractivity (Wildman–Crippen MR) is 116 cm³/mol. The van der Waals surface area contributed by atoms with Crippen molar-refractivity contribution in [2.45, 2.75) is 38.4 Å². The fourth-order valence-corrected chi connectivity index (χ4v) is 5.10. The van der Waals surface area contributed by atoms with E-state index in [-0.39, 0.29) is 24.7 Å². The predicted octanol–water partition coefficient (Wildman–Crippen LogP) is 0.714. The Kier molecular flexibility index (Phi) is 6.79. The molecule has 1 aromatic rings. The molecule has 8 nitrogen and oxygen atoms in total. The van der Waals surface area contributed by atoms with Crippen LogP contribution < -0.4 is 9.64 Å². The number of fused-ring (bicyclic) bond motifs is 1. The molecule has 1 saturated carbocycles. The molecule has 2 N–H and O–H groups in total. The highest BCUT2D eigenvalue weighted by atomic mass is 16.5. The lowest BCUT2D eigenvalue weighted by Gasteiger charge is -2.36. The molecule has 4 rings (SSSR count). The first-order valence-corrected chi connectivity index (χ1v) is 11.4. The number of benzene rings is 1. The number of anilines is 1. The van der Waals surface area contributed by atoms with Gasteiger partial charge in [0, 0.05) is 32.7 Å². The number of hydrogen-bond acceptors (Lipinski definition) is 7. The lowest BCUT2D eigenvalue weighted by atomic mass is 9.78. The molecule has 3 aliphatic rings. The molecule has 31 heavy (non-hydrogen) atoms. The zero-order chi connectivity index (χ0) is 22.0. The van der Waals surface area contributed by atoms with Crippen molar-refractivity contribution in [3.05, 3.63) is 24.3 Å². The number of para-hydroxylation sites is 2. The third-order valence-corrected chi connectivity index (χ3v) is 6.82. The number of carbonyl (C=O) groups is 2. The maximum absolute atomic E-state index is 12.6. The summed E-state index contributed by atoms with van der Waals surface area (Å²) in [5.74, 6) is -0.391. The molecule has 2 saturated heterocycles. The normalized spacial score (nSPS) is 29.4. The van der Waals surface area contributed by atoms with E-state index in [2.05, 4.69) is 15.9 Å². The second-order valence-electron chi connectivity index (χ2n) is 8.73. The Hall–Kier alpha value is -2.16. The van der Waals surface area contributed by atoms with Gasteiger partial charge in [-0.05, 0) is 44.9 Å². The first-order valence-electron chi connectivity index (χ1n) is 11.4. The number of aliphatic hydroxyl groups is 2. The van der Waals surface area contributed by atoms with Gasteiger partial charge in [-0.3, -0.25) is 19.4 Å². The Morgan fingerprint density at radius 2 is 1.55 bits per heavy atom. The van der Waals surface area contributed by atoms with E-state index >= 15 is 0 Å². The second kappa shape index (κ2) is 9.54. The highest BCUT2D eigenvalue weighted by molar-refractivity contribution is 6.05. The highest BCUT2D eigenvalue weighted by Gasteiger charge is 2.51. The number of carbonyl (C=O) groups excluding carboxylic acids is 2. The Morgan fingerprint density at radius 1 is 0.935 bits per heavy atom. The minimum atomic E-state index is -0.915. The molecule has 2 amide bonds. The molecule has 0 aromatic heterocycles. The van der Waals surface area contributed by atoms with Gasteiger partial charge in [0.1, 0.15) is 5.75 Å². The number of imide groups is 1. The number of nitrogens with zero attached hydrogens (tertiary/aromatic N) is 3. The molecule has 0 bridgehead atoms. The molecule has 0 radical (unpaired) electrons. The van der Waals surface area contributed by atoms with Crippen LogP contribution in [0.25, 0.3) is 0 Å². The van der Waals surface area contributed by atoms with Gasteiger partial charge in [-0.15, -0.1) is 0 Å². The van der Waals surface area contributed by atoms with E-state index in [9.17, 15) is 19.8 Å². The maximum atomic E-state index is 12.6. The van der Waals surface area contributed by atoms with Crippen molar-refractivity contribution in [1.29, 1.82) is 0 Å². The summed E-state index contributed by atoms with van der Waals surface area (Å²) in [6.07, 6.45) is -0.738. The number of likely N-dealkylation sites (tertiary alicyclic amines) is 1. The quantitative estimate of drug-likeness (QED) is 0.615. The van der Waals surface area contributed by atoms with Crippen LogP contribution in [0.1, 0.15) is 26.2 Å². The Bertz CT molecular complexity index is 767. The molecule has 0 spiro atoms. The largest absolute Gasteiger partial charge is 0.492 e.